The molecule has 168 valence electrons. The SMILES string of the molecule is COc1ccccc1-c1nnc(NC(=O)c2ccc(NS(=O)(=O)c3ccc(C)cc3)cc2)o1. The van der Waals surface area contributed by atoms with E-state index in [1.807, 2.05) is 13.0 Å². The van der Waals surface area contributed by atoms with Crippen LogP contribution >= 0.6 is 0 Å². The molecule has 0 saturated carbocycles. The van der Waals surface area contributed by atoms with Crippen molar-refractivity contribution < 1.29 is 22.4 Å². The molecule has 0 saturated heterocycles. The number of methoxy groups -OCH3 is 1. The third-order valence-corrected chi connectivity index (χ3v) is 6.11. The molecule has 0 fully saturated rings. The van der Waals surface area contributed by atoms with E-state index in [1.165, 1.54) is 43.5 Å². The molecule has 1 heterocycles. The summed E-state index contributed by atoms with van der Waals surface area (Å²) in [6, 6.07) is 19.5. The maximum absolute atomic E-state index is 12.5. The molecule has 1 aromatic heterocycles. The molecule has 1 amide bonds. The van der Waals surface area contributed by atoms with Crippen molar-refractivity contribution in [1.29, 1.82) is 0 Å². The first-order valence-electron chi connectivity index (χ1n) is 9.83. The molecular formula is C23H20N4O5S. The molecule has 0 radical (unpaired) electrons. The highest BCUT2D eigenvalue weighted by Gasteiger charge is 2.17. The summed E-state index contributed by atoms with van der Waals surface area (Å²) in [5.41, 5.74) is 2.16. The number of aryl methyl sites for hydroxylation is 1. The van der Waals surface area contributed by atoms with Crippen LogP contribution in [0.3, 0.4) is 0 Å². The summed E-state index contributed by atoms with van der Waals surface area (Å²) in [7, 11) is -2.21. The van der Waals surface area contributed by atoms with Gasteiger partial charge in [-0.3, -0.25) is 14.8 Å². The van der Waals surface area contributed by atoms with Crippen LogP contribution in [-0.2, 0) is 10.0 Å². The highest BCUT2D eigenvalue weighted by atomic mass is 32.2. The number of anilines is 2. The van der Waals surface area contributed by atoms with Crippen molar-refractivity contribution in [3.05, 3.63) is 83.9 Å². The number of ether oxygens (including phenoxy) is 1. The molecule has 10 heteroatoms. The van der Waals surface area contributed by atoms with Gasteiger partial charge in [0.15, 0.2) is 0 Å². The van der Waals surface area contributed by atoms with Gasteiger partial charge in [-0.15, -0.1) is 5.10 Å². The first kappa shape index (κ1) is 22.0. The number of nitrogens with zero attached hydrogens (tertiary/aromatic N) is 2. The number of carbonyl (C=O) groups is 1. The lowest BCUT2D eigenvalue weighted by Crippen LogP contribution is -2.14. The largest absolute Gasteiger partial charge is 0.496 e. The van der Waals surface area contributed by atoms with Crippen molar-refractivity contribution in [2.24, 2.45) is 0 Å². The van der Waals surface area contributed by atoms with Crippen molar-refractivity contribution in [3.8, 4) is 17.2 Å². The third kappa shape index (κ3) is 5.01. The molecule has 33 heavy (non-hydrogen) atoms. The average molecular weight is 465 g/mol. The van der Waals surface area contributed by atoms with Crippen LogP contribution in [0, 0.1) is 6.92 Å². The Balaban J connectivity index is 1.44. The van der Waals surface area contributed by atoms with Crippen LogP contribution < -0.4 is 14.8 Å². The number of nitrogens with one attached hydrogen (secondary N) is 2. The van der Waals surface area contributed by atoms with Gasteiger partial charge in [-0.2, -0.15) is 0 Å². The van der Waals surface area contributed by atoms with Gasteiger partial charge in [-0.25, -0.2) is 8.42 Å². The number of hydrogen-bond acceptors (Lipinski definition) is 7. The zero-order valence-electron chi connectivity index (χ0n) is 17.8. The van der Waals surface area contributed by atoms with Gasteiger partial charge in [-0.1, -0.05) is 34.9 Å². The van der Waals surface area contributed by atoms with Crippen molar-refractivity contribution in [2.45, 2.75) is 11.8 Å². The minimum Gasteiger partial charge on any atom is -0.496 e. The molecule has 0 bridgehead atoms. The van der Waals surface area contributed by atoms with Crippen LogP contribution in [-0.4, -0.2) is 31.6 Å². The van der Waals surface area contributed by atoms with Crippen LogP contribution in [0.2, 0.25) is 0 Å². The van der Waals surface area contributed by atoms with Crippen LogP contribution in [0.5, 0.6) is 5.75 Å². The second-order valence-corrected chi connectivity index (χ2v) is 8.75. The van der Waals surface area contributed by atoms with Crippen molar-refractivity contribution in [3.63, 3.8) is 0 Å². The topological polar surface area (TPSA) is 123 Å². The first-order valence-corrected chi connectivity index (χ1v) is 11.3. The Morgan fingerprint density at radius 2 is 1.64 bits per heavy atom. The lowest BCUT2D eigenvalue weighted by molar-refractivity contribution is 0.102. The van der Waals surface area contributed by atoms with Gasteiger partial charge < -0.3 is 9.15 Å². The van der Waals surface area contributed by atoms with E-state index in [4.69, 9.17) is 9.15 Å². The molecule has 4 rings (SSSR count). The number of rotatable bonds is 7. The Bertz CT molecular complexity index is 1380. The molecule has 0 atom stereocenters. The Kier molecular flexibility index (Phi) is 6.09. The summed E-state index contributed by atoms with van der Waals surface area (Å²) in [5, 5.41) is 10.3. The Hall–Kier alpha value is -4.18. The number of hydrogen-bond donors (Lipinski definition) is 2. The standard InChI is InChI=1S/C23H20N4O5S/c1-15-7-13-18(14-8-15)33(29,30)27-17-11-9-16(10-12-17)21(28)24-23-26-25-22(32-23)19-5-3-4-6-20(19)31-2/h3-14,27H,1-2H3,(H,24,26,28). The predicted octanol–water partition coefficient (Wildman–Crippen LogP) is 4.11. The van der Waals surface area contributed by atoms with E-state index in [9.17, 15) is 13.2 Å². The van der Waals surface area contributed by atoms with Crippen molar-refractivity contribution >= 4 is 27.6 Å². The Morgan fingerprint density at radius 3 is 2.33 bits per heavy atom. The van der Waals surface area contributed by atoms with E-state index >= 15 is 0 Å². The fourth-order valence-corrected chi connectivity index (χ4v) is 4.05. The highest BCUT2D eigenvalue weighted by molar-refractivity contribution is 7.92. The molecule has 0 aliphatic heterocycles. The fraction of sp³-hybridized carbons (Fsp3) is 0.0870. The van der Waals surface area contributed by atoms with E-state index < -0.39 is 15.9 Å². The number of amides is 1. The van der Waals surface area contributed by atoms with Gasteiger partial charge in [0.05, 0.1) is 17.6 Å². The van der Waals surface area contributed by atoms with Gasteiger partial charge in [0.2, 0.25) is 0 Å². The quantitative estimate of drug-likeness (QED) is 0.422. The Labute approximate surface area is 190 Å². The monoisotopic (exact) mass is 464 g/mol. The van der Waals surface area contributed by atoms with Gasteiger partial charge in [-0.05, 0) is 55.5 Å². The zero-order valence-corrected chi connectivity index (χ0v) is 18.6. The number of para-hydroxylation sites is 1. The van der Waals surface area contributed by atoms with E-state index in [-0.39, 0.29) is 22.4 Å². The van der Waals surface area contributed by atoms with Crippen molar-refractivity contribution in [2.75, 3.05) is 17.1 Å². The summed E-state index contributed by atoms with van der Waals surface area (Å²) in [4.78, 5) is 12.7. The lowest BCUT2D eigenvalue weighted by Gasteiger charge is -2.09. The molecular weight excluding hydrogens is 444 g/mol. The maximum Gasteiger partial charge on any atom is 0.322 e. The maximum atomic E-state index is 12.5. The number of benzene rings is 3. The molecule has 0 aliphatic carbocycles. The summed E-state index contributed by atoms with van der Waals surface area (Å²) in [6.45, 7) is 1.88. The van der Waals surface area contributed by atoms with Gasteiger partial charge in [0.1, 0.15) is 5.75 Å². The van der Waals surface area contributed by atoms with Gasteiger partial charge in [0.25, 0.3) is 21.8 Å². The van der Waals surface area contributed by atoms with Crippen molar-refractivity contribution in [1.82, 2.24) is 10.2 Å². The van der Waals surface area contributed by atoms with Gasteiger partial charge >= 0.3 is 6.01 Å². The molecule has 4 aromatic rings. The van der Waals surface area contributed by atoms with Crippen LogP contribution in [0.25, 0.3) is 11.5 Å². The summed E-state index contributed by atoms with van der Waals surface area (Å²) in [5.74, 6) is 0.268. The Morgan fingerprint density at radius 1 is 0.939 bits per heavy atom. The smallest absolute Gasteiger partial charge is 0.322 e. The molecule has 2 N–H and O–H groups in total. The molecule has 0 unspecified atom stereocenters. The fourth-order valence-electron chi connectivity index (χ4n) is 2.99. The molecule has 0 aliphatic rings. The number of aromatic nitrogens is 2. The minimum absolute atomic E-state index is 0.0787. The second-order valence-electron chi connectivity index (χ2n) is 7.06. The van der Waals surface area contributed by atoms with Crippen LogP contribution in [0.15, 0.2) is 82.1 Å². The number of carbonyl (C=O) groups excluding carboxylic acids is 1. The molecule has 9 nitrogen and oxygen atoms in total. The van der Waals surface area contributed by atoms with E-state index in [2.05, 4.69) is 20.2 Å². The highest BCUT2D eigenvalue weighted by Crippen LogP contribution is 2.29. The lowest BCUT2D eigenvalue weighted by atomic mass is 10.2. The summed E-state index contributed by atoms with van der Waals surface area (Å²) < 4.78 is 38.3. The summed E-state index contributed by atoms with van der Waals surface area (Å²) in [6.07, 6.45) is 0. The second kappa shape index (κ2) is 9.13. The first-order chi connectivity index (χ1) is 15.9. The van der Waals surface area contributed by atoms with Crippen LogP contribution in [0.4, 0.5) is 11.7 Å². The normalized spacial score (nSPS) is 11.1. The summed E-state index contributed by atoms with van der Waals surface area (Å²) >= 11 is 0. The van der Waals surface area contributed by atoms with E-state index in [0.29, 0.717) is 17.0 Å². The average Bonchev–Trinajstić information content (AvgIpc) is 3.27. The van der Waals surface area contributed by atoms with E-state index in [1.54, 1.807) is 30.3 Å². The molecule has 0 spiro atoms. The molecule has 3 aromatic carbocycles. The predicted molar refractivity (Wildman–Crippen MR) is 123 cm³/mol. The van der Waals surface area contributed by atoms with Gasteiger partial charge in [0, 0.05) is 11.3 Å². The zero-order chi connectivity index (χ0) is 23.4. The van der Waals surface area contributed by atoms with E-state index in [0.717, 1.165) is 5.56 Å². The minimum atomic E-state index is -3.74. The van der Waals surface area contributed by atoms with Crippen LogP contribution in [0.1, 0.15) is 15.9 Å². The third-order valence-electron chi connectivity index (χ3n) is 4.71. The number of sulfonamides is 1.